The molecule has 0 amide bonds. The topological polar surface area (TPSA) is 43.4 Å². The summed E-state index contributed by atoms with van der Waals surface area (Å²) in [4.78, 5) is 3.25. The normalized spacial score (nSPS) is 11.2. The largest absolute Gasteiger partial charge is 0.293 e. The van der Waals surface area contributed by atoms with E-state index in [0.717, 1.165) is 6.26 Å². The molecule has 0 radical (unpaired) electrons. The Morgan fingerprint density at radius 1 is 1.33 bits per heavy atom. The first-order valence-electron chi connectivity index (χ1n) is 3.13. The van der Waals surface area contributed by atoms with E-state index in [-0.39, 0.29) is 10.6 Å². The highest BCUT2D eigenvalue weighted by Gasteiger charge is 2.13. The van der Waals surface area contributed by atoms with Crippen molar-refractivity contribution in [3.8, 4) is 5.75 Å². The van der Waals surface area contributed by atoms with E-state index in [2.05, 4.69) is 4.94 Å². The van der Waals surface area contributed by atoms with Crippen molar-refractivity contribution < 1.29 is 17.9 Å². The van der Waals surface area contributed by atoms with Crippen molar-refractivity contribution in [1.29, 1.82) is 0 Å². The standard InChI is InChI=1S/C7H7FO3S/c1-12(9,10)7-5-3-2-4-6(7)11-8/h2-5H,1H3. The lowest BCUT2D eigenvalue weighted by Gasteiger charge is -2.00. The highest BCUT2D eigenvalue weighted by atomic mass is 32.2. The first-order chi connectivity index (χ1) is 5.55. The van der Waals surface area contributed by atoms with Crippen LogP contribution in [-0.2, 0) is 9.84 Å². The van der Waals surface area contributed by atoms with Gasteiger partial charge in [-0.1, -0.05) is 12.1 Å². The van der Waals surface area contributed by atoms with Gasteiger partial charge in [0.1, 0.15) is 4.90 Å². The minimum absolute atomic E-state index is 0.146. The first kappa shape index (κ1) is 8.99. The Morgan fingerprint density at radius 2 is 1.92 bits per heavy atom. The zero-order valence-corrected chi connectivity index (χ0v) is 7.14. The number of hydrogen-bond acceptors (Lipinski definition) is 3. The molecule has 0 fully saturated rings. The predicted octanol–water partition coefficient (Wildman–Crippen LogP) is 1.35. The zero-order valence-electron chi connectivity index (χ0n) is 6.32. The maximum atomic E-state index is 11.8. The Bertz CT molecular complexity index is 372. The van der Waals surface area contributed by atoms with Crippen molar-refractivity contribution in [3.63, 3.8) is 0 Å². The Balaban J connectivity index is 3.33. The first-order valence-corrected chi connectivity index (χ1v) is 5.02. The van der Waals surface area contributed by atoms with Crippen LogP contribution in [0.4, 0.5) is 4.53 Å². The molecule has 0 bridgehead atoms. The third-order valence-electron chi connectivity index (χ3n) is 1.33. The van der Waals surface area contributed by atoms with E-state index in [1.807, 2.05) is 0 Å². The van der Waals surface area contributed by atoms with Crippen LogP contribution in [0.5, 0.6) is 5.75 Å². The molecule has 0 saturated heterocycles. The fourth-order valence-electron chi connectivity index (χ4n) is 0.820. The molecule has 0 unspecified atom stereocenters. The minimum atomic E-state index is -3.41. The molecule has 1 aromatic carbocycles. The summed E-state index contributed by atoms with van der Waals surface area (Å²) < 4.78 is 33.7. The lowest BCUT2D eigenvalue weighted by Crippen LogP contribution is -1.98. The van der Waals surface area contributed by atoms with E-state index in [0.29, 0.717) is 0 Å². The van der Waals surface area contributed by atoms with Crippen LogP contribution in [0.2, 0.25) is 0 Å². The number of benzene rings is 1. The molecule has 66 valence electrons. The van der Waals surface area contributed by atoms with Crippen molar-refractivity contribution in [2.75, 3.05) is 6.26 Å². The summed E-state index contributed by atoms with van der Waals surface area (Å²) in [5.74, 6) is -0.278. The molecule has 0 atom stereocenters. The van der Waals surface area contributed by atoms with Gasteiger partial charge in [-0.15, -0.1) is 0 Å². The van der Waals surface area contributed by atoms with Gasteiger partial charge in [0.2, 0.25) is 0 Å². The van der Waals surface area contributed by atoms with Gasteiger partial charge in [-0.2, -0.15) is 0 Å². The van der Waals surface area contributed by atoms with E-state index in [1.54, 1.807) is 0 Å². The summed E-state index contributed by atoms with van der Waals surface area (Å²) in [6.45, 7) is 0. The second kappa shape index (κ2) is 3.10. The SMILES string of the molecule is CS(=O)(=O)c1ccccc1OF. The van der Waals surface area contributed by atoms with Crippen LogP contribution in [0.1, 0.15) is 0 Å². The van der Waals surface area contributed by atoms with Crippen molar-refractivity contribution in [3.05, 3.63) is 24.3 Å². The predicted molar refractivity (Wildman–Crippen MR) is 41.3 cm³/mol. The van der Waals surface area contributed by atoms with Gasteiger partial charge in [0.25, 0.3) is 0 Å². The van der Waals surface area contributed by atoms with Crippen LogP contribution in [0, 0.1) is 0 Å². The average Bonchev–Trinajstić information content (AvgIpc) is 2.03. The number of rotatable bonds is 2. The average molecular weight is 190 g/mol. The van der Waals surface area contributed by atoms with Crippen LogP contribution in [0.25, 0.3) is 0 Å². The van der Waals surface area contributed by atoms with Crippen LogP contribution < -0.4 is 4.94 Å². The summed E-state index contributed by atoms with van der Waals surface area (Å²) in [6.07, 6.45) is 0.991. The third kappa shape index (κ3) is 1.73. The highest BCUT2D eigenvalue weighted by molar-refractivity contribution is 7.90. The van der Waals surface area contributed by atoms with Gasteiger partial charge in [-0.25, -0.2) is 8.42 Å². The van der Waals surface area contributed by atoms with Crippen molar-refractivity contribution in [2.45, 2.75) is 4.90 Å². The summed E-state index contributed by atoms with van der Waals surface area (Å²) in [7, 11) is -3.41. The van der Waals surface area contributed by atoms with E-state index < -0.39 is 9.84 Å². The quantitative estimate of drug-likeness (QED) is 0.707. The van der Waals surface area contributed by atoms with Crippen molar-refractivity contribution >= 4 is 9.84 Å². The fourth-order valence-corrected chi connectivity index (χ4v) is 1.61. The van der Waals surface area contributed by atoms with E-state index in [9.17, 15) is 12.9 Å². The molecule has 12 heavy (non-hydrogen) atoms. The van der Waals surface area contributed by atoms with Crippen LogP contribution in [-0.4, -0.2) is 14.7 Å². The highest BCUT2D eigenvalue weighted by Crippen LogP contribution is 2.22. The summed E-state index contributed by atoms with van der Waals surface area (Å²) in [6, 6.07) is 5.52. The Hall–Kier alpha value is -1.10. The molecule has 0 aliphatic heterocycles. The third-order valence-corrected chi connectivity index (χ3v) is 2.47. The fraction of sp³-hybridized carbons (Fsp3) is 0.143. The van der Waals surface area contributed by atoms with Crippen LogP contribution in [0.3, 0.4) is 0 Å². The maximum Gasteiger partial charge on any atom is 0.190 e. The molecule has 0 saturated carbocycles. The van der Waals surface area contributed by atoms with Crippen molar-refractivity contribution in [2.24, 2.45) is 0 Å². The summed E-state index contributed by atoms with van der Waals surface area (Å²) in [5.41, 5.74) is 0. The molecule has 1 aromatic rings. The molecule has 0 N–H and O–H groups in total. The van der Waals surface area contributed by atoms with Gasteiger partial charge in [0.05, 0.1) is 0 Å². The molecular formula is C7H7FO3S. The number of sulfone groups is 1. The minimum Gasteiger partial charge on any atom is -0.293 e. The number of halogens is 1. The van der Waals surface area contributed by atoms with Gasteiger partial charge in [-0.05, 0) is 12.1 Å². The van der Waals surface area contributed by atoms with Gasteiger partial charge in [-0.3, -0.25) is 4.94 Å². The lowest BCUT2D eigenvalue weighted by atomic mass is 10.3. The lowest BCUT2D eigenvalue weighted by molar-refractivity contribution is -0.00979. The molecule has 5 heteroatoms. The van der Waals surface area contributed by atoms with Crippen LogP contribution in [0.15, 0.2) is 29.2 Å². The zero-order chi connectivity index (χ0) is 9.19. The van der Waals surface area contributed by atoms with Gasteiger partial charge < -0.3 is 0 Å². The van der Waals surface area contributed by atoms with E-state index >= 15 is 0 Å². The van der Waals surface area contributed by atoms with Gasteiger partial charge >= 0.3 is 0 Å². The van der Waals surface area contributed by atoms with Crippen molar-refractivity contribution in [1.82, 2.24) is 0 Å². The molecule has 1 rings (SSSR count). The van der Waals surface area contributed by atoms with Crippen LogP contribution >= 0.6 is 0 Å². The molecule has 0 aliphatic rings. The number of para-hydroxylation sites is 1. The molecule has 0 aliphatic carbocycles. The Morgan fingerprint density at radius 3 is 2.33 bits per heavy atom. The molecular weight excluding hydrogens is 183 g/mol. The summed E-state index contributed by atoms with van der Waals surface area (Å²) >= 11 is 0. The Labute approximate surface area is 69.6 Å². The van der Waals surface area contributed by atoms with Gasteiger partial charge in [0, 0.05) is 10.8 Å². The second-order valence-corrected chi connectivity index (χ2v) is 4.28. The monoisotopic (exact) mass is 190 g/mol. The molecule has 3 nitrogen and oxygen atoms in total. The van der Waals surface area contributed by atoms with E-state index in [4.69, 9.17) is 0 Å². The Kier molecular flexibility index (Phi) is 2.32. The van der Waals surface area contributed by atoms with Gasteiger partial charge in [0.15, 0.2) is 15.6 Å². The number of hydrogen-bond donors (Lipinski definition) is 0. The molecule has 0 aromatic heterocycles. The summed E-state index contributed by atoms with van der Waals surface area (Å²) in [5, 5.41) is 0. The molecule has 0 heterocycles. The second-order valence-electron chi connectivity index (χ2n) is 2.30. The maximum absolute atomic E-state index is 11.8. The molecule has 0 spiro atoms. The smallest absolute Gasteiger partial charge is 0.190 e. The van der Waals surface area contributed by atoms with E-state index in [1.165, 1.54) is 24.3 Å².